The van der Waals surface area contributed by atoms with Gasteiger partial charge in [-0.2, -0.15) is 5.10 Å². The summed E-state index contributed by atoms with van der Waals surface area (Å²) in [4.78, 5) is 22.1. The second-order valence-corrected chi connectivity index (χ2v) is 7.38. The van der Waals surface area contributed by atoms with Crippen LogP contribution in [0.1, 0.15) is 27.3 Å². The number of aromatic nitrogens is 5. The third-order valence-electron chi connectivity index (χ3n) is 5.32. The zero-order valence-electron chi connectivity index (χ0n) is 18.3. The summed E-state index contributed by atoms with van der Waals surface area (Å²) in [6, 6.07) is 3.89. The SMILES string of the molecule is COC(=O)c1cn(-c2c(C)ccc(OC)c2C)c2nc(C)nc(-c3cn(C)nc3N)c12. The van der Waals surface area contributed by atoms with Crippen LogP contribution in [0.2, 0.25) is 0 Å². The van der Waals surface area contributed by atoms with Crippen LogP contribution in [0.5, 0.6) is 5.75 Å². The molecule has 160 valence electrons. The van der Waals surface area contributed by atoms with Crippen molar-refractivity contribution in [1.82, 2.24) is 24.3 Å². The highest BCUT2D eigenvalue weighted by Gasteiger charge is 2.26. The lowest BCUT2D eigenvalue weighted by Crippen LogP contribution is -2.03. The highest BCUT2D eigenvalue weighted by atomic mass is 16.5. The summed E-state index contributed by atoms with van der Waals surface area (Å²) in [5, 5.41) is 4.78. The number of rotatable bonds is 4. The third-order valence-corrected chi connectivity index (χ3v) is 5.32. The smallest absolute Gasteiger partial charge is 0.340 e. The molecule has 0 aliphatic rings. The van der Waals surface area contributed by atoms with Crippen LogP contribution in [-0.2, 0) is 11.8 Å². The number of fused-ring (bicyclic) bond motifs is 1. The van der Waals surface area contributed by atoms with Crippen LogP contribution in [-0.4, -0.2) is 44.5 Å². The Morgan fingerprint density at radius 1 is 1.10 bits per heavy atom. The van der Waals surface area contributed by atoms with Crippen molar-refractivity contribution in [3.8, 4) is 22.7 Å². The van der Waals surface area contributed by atoms with E-state index >= 15 is 0 Å². The lowest BCUT2D eigenvalue weighted by molar-refractivity contribution is 0.0603. The number of nitrogens with zero attached hydrogens (tertiary/aromatic N) is 5. The lowest BCUT2D eigenvalue weighted by Gasteiger charge is -2.15. The van der Waals surface area contributed by atoms with Crippen molar-refractivity contribution in [2.75, 3.05) is 20.0 Å². The fourth-order valence-corrected chi connectivity index (χ4v) is 3.96. The van der Waals surface area contributed by atoms with Gasteiger partial charge in [-0.1, -0.05) is 6.07 Å². The molecule has 2 N–H and O–H groups in total. The first-order valence-corrected chi connectivity index (χ1v) is 9.68. The van der Waals surface area contributed by atoms with Crippen LogP contribution >= 0.6 is 0 Å². The van der Waals surface area contributed by atoms with E-state index in [9.17, 15) is 4.79 Å². The average molecular weight is 420 g/mol. The van der Waals surface area contributed by atoms with Gasteiger partial charge in [0.25, 0.3) is 0 Å². The van der Waals surface area contributed by atoms with Crippen molar-refractivity contribution >= 4 is 22.8 Å². The molecule has 9 nitrogen and oxygen atoms in total. The van der Waals surface area contributed by atoms with Crippen molar-refractivity contribution < 1.29 is 14.3 Å². The summed E-state index contributed by atoms with van der Waals surface area (Å²) in [7, 11) is 4.76. The van der Waals surface area contributed by atoms with Gasteiger partial charge < -0.3 is 15.2 Å². The molecule has 9 heteroatoms. The van der Waals surface area contributed by atoms with Gasteiger partial charge in [-0.25, -0.2) is 14.8 Å². The number of nitrogen functional groups attached to an aromatic ring is 1. The molecule has 0 saturated carbocycles. The van der Waals surface area contributed by atoms with Crippen LogP contribution in [0.15, 0.2) is 24.5 Å². The monoisotopic (exact) mass is 420 g/mol. The van der Waals surface area contributed by atoms with Gasteiger partial charge in [-0.3, -0.25) is 9.25 Å². The fourth-order valence-electron chi connectivity index (χ4n) is 3.96. The molecule has 0 atom stereocenters. The minimum atomic E-state index is -0.488. The maximum atomic E-state index is 12.8. The van der Waals surface area contributed by atoms with Gasteiger partial charge in [0.2, 0.25) is 0 Å². The second-order valence-electron chi connectivity index (χ2n) is 7.38. The van der Waals surface area contributed by atoms with Crippen LogP contribution < -0.4 is 10.5 Å². The van der Waals surface area contributed by atoms with Crippen LogP contribution in [0, 0.1) is 20.8 Å². The molecular weight excluding hydrogens is 396 g/mol. The van der Waals surface area contributed by atoms with E-state index in [0.717, 1.165) is 22.6 Å². The summed E-state index contributed by atoms with van der Waals surface area (Å²) < 4.78 is 14.1. The first-order chi connectivity index (χ1) is 14.8. The predicted molar refractivity (Wildman–Crippen MR) is 118 cm³/mol. The van der Waals surface area contributed by atoms with Crippen LogP contribution in [0.25, 0.3) is 28.0 Å². The van der Waals surface area contributed by atoms with Crippen LogP contribution in [0.4, 0.5) is 5.82 Å². The molecule has 0 radical (unpaired) electrons. The largest absolute Gasteiger partial charge is 0.496 e. The number of carbonyl (C=O) groups excluding carboxylic acids is 1. The Hall–Kier alpha value is -3.88. The molecule has 31 heavy (non-hydrogen) atoms. The lowest BCUT2D eigenvalue weighted by atomic mass is 10.1. The van der Waals surface area contributed by atoms with E-state index in [0.29, 0.717) is 39.5 Å². The van der Waals surface area contributed by atoms with Crippen LogP contribution in [0.3, 0.4) is 0 Å². The van der Waals surface area contributed by atoms with E-state index in [4.69, 9.17) is 15.2 Å². The van der Waals surface area contributed by atoms with E-state index < -0.39 is 5.97 Å². The average Bonchev–Trinajstić information content (AvgIpc) is 3.26. The standard InChI is InChI=1S/C22H24N6O3/c1-11-7-8-16(30-5)12(2)19(11)28-10-14(22(29)31-6)17-18(24-13(3)25-21(17)28)15-9-27(4)26-20(15)23/h7-10H,1-6H3,(H2,23,26). The normalized spacial score (nSPS) is 11.2. The first kappa shape index (κ1) is 20.4. The first-order valence-electron chi connectivity index (χ1n) is 9.68. The maximum Gasteiger partial charge on any atom is 0.340 e. The topological polar surface area (TPSA) is 110 Å². The Labute approximate surface area is 179 Å². The molecule has 1 aromatic carbocycles. The van der Waals surface area contributed by atoms with Crippen molar-refractivity contribution in [2.45, 2.75) is 20.8 Å². The third kappa shape index (κ3) is 3.18. The minimum absolute atomic E-state index is 0.319. The minimum Gasteiger partial charge on any atom is -0.496 e. The van der Waals surface area contributed by atoms with Gasteiger partial charge in [0.05, 0.1) is 42.1 Å². The Bertz CT molecular complexity index is 1340. The Balaban J connectivity index is 2.16. The Kier molecular flexibility index (Phi) is 4.88. The number of methoxy groups -OCH3 is 2. The molecule has 3 aromatic heterocycles. The Morgan fingerprint density at radius 2 is 1.84 bits per heavy atom. The molecule has 0 fully saturated rings. The van der Waals surface area contributed by atoms with E-state index in [1.807, 2.05) is 30.5 Å². The molecular formula is C22H24N6O3. The second kappa shape index (κ2) is 7.42. The number of anilines is 1. The molecule has 0 spiro atoms. The number of hydrogen-bond donors (Lipinski definition) is 1. The number of ether oxygens (including phenoxy) is 2. The number of benzene rings is 1. The van der Waals surface area contributed by atoms with Crippen molar-refractivity contribution in [1.29, 1.82) is 0 Å². The van der Waals surface area contributed by atoms with E-state index in [2.05, 4.69) is 15.1 Å². The molecule has 0 bridgehead atoms. The molecule has 4 aromatic rings. The number of carbonyl (C=O) groups is 1. The summed E-state index contributed by atoms with van der Waals surface area (Å²) >= 11 is 0. The molecule has 0 aliphatic heterocycles. The predicted octanol–water partition coefficient (Wildman–Crippen LogP) is 3.12. The van der Waals surface area contributed by atoms with E-state index in [1.165, 1.54) is 7.11 Å². The summed E-state index contributed by atoms with van der Waals surface area (Å²) in [5.41, 5.74) is 11.0. The Morgan fingerprint density at radius 3 is 2.45 bits per heavy atom. The summed E-state index contributed by atoms with van der Waals surface area (Å²) in [5.74, 6) is 1.11. The van der Waals surface area contributed by atoms with Crippen molar-refractivity contribution in [2.24, 2.45) is 7.05 Å². The molecule has 0 saturated heterocycles. The summed E-state index contributed by atoms with van der Waals surface area (Å²) in [6.45, 7) is 5.77. The molecule has 0 amide bonds. The molecule has 0 unspecified atom stereocenters. The van der Waals surface area contributed by atoms with Gasteiger partial charge in [0.15, 0.2) is 5.82 Å². The number of aryl methyl sites for hydroxylation is 3. The molecule has 3 heterocycles. The van der Waals surface area contributed by atoms with Gasteiger partial charge in [-0.15, -0.1) is 0 Å². The quantitative estimate of drug-likeness (QED) is 0.505. The van der Waals surface area contributed by atoms with Gasteiger partial charge in [0, 0.05) is 25.0 Å². The highest BCUT2D eigenvalue weighted by Crippen LogP contribution is 2.37. The van der Waals surface area contributed by atoms with Crippen molar-refractivity contribution in [3.05, 3.63) is 47.0 Å². The number of esters is 1. The summed E-state index contributed by atoms with van der Waals surface area (Å²) in [6.07, 6.45) is 3.51. The maximum absolute atomic E-state index is 12.8. The van der Waals surface area contributed by atoms with Gasteiger partial charge >= 0.3 is 5.97 Å². The van der Waals surface area contributed by atoms with Gasteiger partial charge in [-0.05, 0) is 32.4 Å². The fraction of sp³-hybridized carbons (Fsp3) is 0.273. The van der Waals surface area contributed by atoms with Crippen molar-refractivity contribution in [3.63, 3.8) is 0 Å². The highest BCUT2D eigenvalue weighted by molar-refractivity contribution is 6.09. The number of nitrogens with two attached hydrogens (primary N) is 1. The zero-order valence-corrected chi connectivity index (χ0v) is 18.3. The zero-order chi connectivity index (χ0) is 22.4. The van der Waals surface area contributed by atoms with E-state index in [1.54, 1.807) is 38.2 Å². The molecule has 4 rings (SSSR count). The van der Waals surface area contributed by atoms with Gasteiger partial charge in [0.1, 0.15) is 17.2 Å². The number of hydrogen-bond acceptors (Lipinski definition) is 7. The van der Waals surface area contributed by atoms with E-state index in [-0.39, 0.29) is 0 Å². The molecule has 0 aliphatic carbocycles.